The number of halogens is 3. The van der Waals surface area contributed by atoms with E-state index in [9.17, 15) is 5.26 Å². The molecule has 30 heavy (non-hydrogen) atoms. The van der Waals surface area contributed by atoms with E-state index in [1.165, 1.54) is 0 Å². The normalized spacial score (nSPS) is 11.1. The van der Waals surface area contributed by atoms with Crippen molar-refractivity contribution in [1.82, 2.24) is 0 Å². The Kier molecular flexibility index (Phi) is 7.81. The Hall–Kier alpha value is -2.45. The van der Waals surface area contributed by atoms with Gasteiger partial charge in [0, 0.05) is 15.1 Å². The number of nitrogens with zero attached hydrogens (tertiary/aromatic N) is 1. The van der Waals surface area contributed by atoms with Crippen LogP contribution in [0.25, 0.3) is 11.6 Å². The summed E-state index contributed by atoms with van der Waals surface area (Å²) in [7, 11) is 0. The molecule has 3 rings (SSSR count). The fourth-order valence-corrected chi connectivity index (χ4v) is 3.56. The molecule has 0 aliphatic heterocycles. The van der Waals surface area contributed by atoms with Crippen molar-refractivity contribution in [1.29, 1.82) is 5.26 Å². The molecule has 0 bridgehead atoms. The first kappa shape index (κ1) is 22.2. The molecule has 0 unspecified atom stereocenters. The van der Waals surface area contributed by atoms with Gasteiger partial charge in [0.25, 0.3) is 0 Å². The zero-order valence-corrected chi connectivity index (χ0v) is 19.3. The summed E-state index contributed by atoms with van der Waals surface area (Å²) in [5.41, 5.74) is 2.91. The predicted molar refractivity (Wildman–Crippen MR) is 126 cm³/mol. The predicted octanol–water partition coefficient (Wildman–Crippen LogP) is 7.80. The molecule has 0 heterocycles. The van der Waals surface area contributed by atoms with E-state index in [0.717, 1.165) is 15.6 Å². The Morgan fingerprint density at radius 1 is 1.00 bits per heavy atom. The highest BCUT2D eigenvalue weighted by atomic mass is 79.9. The van der Waals surface area contributed by atoms with Crippen LogP contribution >= 0.6 is 39.1 Å². The van der Waals surface area contributed by atoms with Gasteiger partial charge in [-0.15, -0.1) is 0 Å². The smallest absolute Gasteiger partial charge is 0.161 e. The highest BCUT2D eigenvalue weighted by molar-refractivity contribution is 9.10. The van der Waals surface area contributed by atoms with Crippen molar-refractivity contribution < 1.29 is 9.47 Å². The molecule has 0 amide bonds. The lowest BCUT2D eigenvalue weighted by Gasteiger charge is -2.13. The van der Waals surface area contributed by atoms with Crippen LogP contribution in [0, 0.1) is 11.3 Å². The summed E-state index contributed by atoms with van der Waals surface area (Å²) in [6.07, 6.45) is 1.76. The van der Waals surface area contributed by atoms with Crippen molar-refractivity contribution in [3.63, 3.8) is 0 Å². The lowest BCUT2D eigenvalue weighted by Crippen LogP contribution is -2.00. The molecule has 0 radical (unpaired) electrons. The minimum Gasteiger partial charge on any atom is -0.490 e. The molecule has 0 saturated heterocycles. The largest absolute Gasteiger partial charge is 0.490 e. The lowest BCUT2D eigenvalue weighted by molar-refractivity contribution is 0.269. The summed E-state index contributed by atoms with van der Waals surface area (Å²) < 4.78 is 12.7. The van der Waals surface area contributed by atoms with Crippen LogP contribution in [0.2, 0.25) is 10.0 Å². The Balaban J connectivity index is 1.86. The van der Waals surface area contributed by atoms with Gasteiger partial charge in [-0.05, 0) is 60.5 Å². The highest BCUT2D eigenvalue weighted by Gasteiger charge is 2.10. The topological polar surface area (TPSA) is 42.2 Å². The van der Waals surface area contributed by atoms with Crippen molar-refractivity contribution in [2.24, 2.45) is 0 Å². The number of rotatable bonds is 7. The van der Waals surface area contributed by atoms with Gasteiger partial charge in [-0.2, -0.15) is 5.26 Å². The summed E-state index contributed by atoms with van der Waals surface area (Å²) in [5, 5.41) is 10.6. The molecule has 0 N–H and O–H groups in total. The van der Waals surface area contributed by atoms with Crippen molar-refractivity contribution >= 4 is 50.8 Å². The van der Waals surface area contributed by atoms with Gasteiger partial charge >= 0.3 is 0 Å². The quantitative estimate of drug-likeness (QED) is 0.244. The van der Waals surface area contributed by atoms with E-state index in [2.05, 4.69) is 22.0 Å². The molecule has 0 atom stereocenters. The molecule has 0 spiro atoms. The highest BCUT2D eigenvalue weighted by Crippen LogP contribution is 2.32. The van der Waals surface area contributed by atoms with Gasteiger partial charge in [0.15, 0.2) is 11.5 Å². The summed E-state index contributed by atoms with van der Waals surface area (Å²) >= 11 is 15.6. The average Bonchev–Trinajstić information content (AvgIpc) is 2.73. The maximum atomic E-state index is 9.62. The molecule has 3 aromatic rings. The van der Waals surface area contributed by atoms with Crippen LogP contribution in [0.1, 0.15) is 23.6 Å². The van der Waals surface area contributed by atoms with E-state index in [-0.39, 0.29) is 0 Å². The van der Waals surface area contributed by atoms with Crippen molar-refractivity contribution in [2.45, 2.75) is 13.5 Å². The third kappa shape index (κ3) is 5.79. The van der Waals surface area contributed by atoms with Gasteiger partial charge in [-0.1, -0.05) is 63.4 Å². The molecule has 6 heteroatoms. The Morgan fingerprint density at radius 2 is 1.77 bits per heavy atom. The number of hydrogen-bond acceptors (Lipinski definition) is 3. The summed E-state index contributed by atoms with van der Waals surface area (Å²) in [4.78, 5) is 0. The fourth-order valence-electron chi connectivity index (χ4n) is 2.79. The van der Waals surface area contributed by atoms with Gasteiger partial charge in [0.05, 0.1) is 23.3 Å². The van der Waals surface area contributed by atoms with Gasteiger partial charge in [0.2, 0.25) is 0 Å². The Morgan fingerprint density at radius 3 is 2.43 bits per heavy atom. The van der Waals surface area contributed by atoms with E-state index < -0.39 is 0 Å². The number of benzene rings is 3. The number of allylic oxidation sites excluding steroid dienone is 1. The Bertz CT molecular complexity index is 1110. The second kappa shape index (κ2) is 10.5. The standard InChI is InChI=1S/C24H18BrCl2NO2/c1-2-29-24-12-17(11-18(14-28)21-9-8-20(26)13-22(21)27)5-10-23(24)30-15-16-3-6-19(25)7-4-16/h3-13H,2,15H2,1H3/b18-11+. The van der Waals surface area contributed by atoms with Crippen molar-refractivity contribution in [2.75, 3.05) is 6.61 Å². The summed E-state index contributed by atoms with van der Waals surface area (Å²) in [5.74, 6) is 1.25. The molecule has 3 nitrogen and oxygen atoms in total. The SMILES string of the molecule is CCOc1cc(/C=C(\C#N)c2ccc(Cl)cc2Cl)ccc1OCc1ccc(Br)cc1. The van der Waals surface area contributed by atoms with Crippen molar-refractivity contribution in [3.05, 3.63) is 91.9 Å². The molecular weight excluding hydrogens is 485 g/mol. The lowest BCUT2D eigenvalue weighted by atomic mass is 10.0. The first-order valence-electron chi connectivity index (χ1n) is 9.21. The number of hydrogen-bond donors (Lipinski definition) is 0. The van der Waals surface area contributed by atoms with Crippen LogP contribution in [0.5, 0.6) is 11.5 Å². The Labute approximate surface area is 194 Å². The van der Waals surface area contributed by atoms with E-state index in [1.54, 1.807) is 24.3 Å². The minimum absolute atomic E-state index is 0.423. The van der Waals surface area contributed by atoms with Crippen LogP contribution in [-0.2, 0) is 6.61 Å². The van der Waals surface area contributed by atoms with Gasteiger partial charge in [0.1, 0.15) is 6.61 Å². The van der Waals surface area contributed by atoms with Crippen molar-refractivity contribution in [3.8, 4) is 17.6 Å². The average molecular weight is 503 g/mol. The minimum atomic E-state index is 0.423. The summed E-state index contributed by atoms with van der Waals surface area (Å²) in [6, 6.07) is 20.8. The zero-order valence-electron chi connectivity index (χ0n) is 16.2. The van der Waals surface area contributed by atoms with Crippen LogP contribution in [-0.4, -0.2) is 6.61 Å². The summed E-state index contributed by atoms with van der Waals surface area (Å²) in [6.45, 7) is 2.83. The van der Waals surface area contributed by atoms with Crippen LogP contribution in [0.4, 0.5) is 0 Å². The van der Waals surface area contributed by atoms with E-state index in [1.807, 2.05) is 49.4 Å². The third-order valence-electron chi connectivity index (χ3n) is 4.23. The van der Waals surface area contributed by atoms with Crippen LogP contribution in [0.15, 0.2) is 65.1 Å². The second-order valence-corrected chi connectivity index (χ2v) is 8.11. The molecule has 152 valence electrons. The third-order valence-corrected chi connectivity index (χ3v) is 5.30. The molecule has 0 aromatic heterocycles. The first-order valence-corrected chi connectivity index (χ1v) is 10.8. The second-order valence-electron chi connectivity index (χ2n) is 6.35. The molecule has 3 aromatic carbocycles. The maximum Gasteiger partial charge on any atom is 0.161 e. The van der Waals surface area contributed by atoms with Gasteiger partial charge in [-0.25, -0.2) is 0 Å². The maximum absolute atomic E-state index is 9.62. The molecule has 0 fully saturated rings. The monoisotopic (exact) mass is 501 g/mol. The fraction of sp³-hybridized carbons (Fsp3) is 0.125. The van der Waals surface area contributed by atoms with Crippen LogP contribution in [0.3, 0.4) is 0 Å². The van der Waals surface area contributed by atoms with Gasteiger partial charge < -0.3 is 9.47 Å². The first-order chi connectivity index (χ1) is 14.5. The molecular formula is C24H18BrCl2NO2. The number of ether oxygens (including phenoxy) is 2. The van der Waals surface area contributed by atoms with E-state index in [4.69, 9.17) is 32.7 Å². The van der Waals surface area contributed by atoms with E-state index in [0.29, 0.717) is 45.9 Å². The number of nitriles is 1. The molecule has 0 saturated carbocycles. The van der Waals surface area contributed by atoms with Gasteiger partial charge in [-0.3, -0.25) is 0 Å². The van der Waals surface area contributed by atoms with Crippen LogP contribution < -0.4 is 9.47 Å². The molecule has 0 aliphatic rings. The zero-order chi connectivity index (χ0) is 21.5. The van der Waals surface area contributed by atoms with E-state index >= 15 is 0 Å². The molecule has 0 aliphatic carbocycles.